The van der Waals surface area contributed by atoms with Crippen LogP contribution in [0, 0.1) is 10.1 Å². The molecule has 0 spiro atoms. The number of hydrogen-bond acceptors (Lipinski definition) is 6. The Hall–Kier alpha value is -3.49. The number of amides is 1. The number of para-hydroxylation sites is 3. The maximum atomic E-state index is 12.2. The third-order valence-corrected chi connectivity index (χ3v) is 5.58. The predicted molar refractivity (Wildman–Crippen MR) is 117 cm³/mol. The molecule has 0 unspecified atom stereocenters. The first-order valence-corrected chi connectivity index (χ1v) is 10.0. The summed E-state index contributed by atoms with van der Waals surface area (Å²) in [6, 6.07) is 18.8. The molecule has 0 saturated heterocycles. The minimum absolute atomic E-state index is 0.0295. The van der Waals surface area contributed by atoms with E-state index in [-0.39, 0.29) is 18.0 Å². The number of aromatic nitrogens is 1. The lowest BCUT2D eigenvalue weighted by atomic mass is 10.2. The summed E-state index contributed by atoms with van der Waals surface area (Å²) >= 11 is 7.95. The van der Waals surface area contributed by atoms with E-state index in [2.05, 4.69) is 10.3 Å². The molecule has 1 heterocycles. The Morgan fingerprint density at radius 3 is 2.67 bits per heavy atom. The van der Waals surface area contributed by atoms with Crippen LogP contribution in [0.3, 0.4) is 0 Å². The van der Waals surface area contributed by atoms with Crippen molar-refractivity contribution in [3.63, 3.8) is 0 Å². The van der Waals surface area contributed by atoms with Gasteiger partial charge in [-0.1, -0.05) is 35.9 Å². The molecule has 9 heteroatoms. The molecule has 3 aromatic carbocycles. The molecule has 150 valence electrons. The maximum absolute atomic E-state index is 12.2. The number of nitrogens with one attached hydrogen (secondary N) is 1. The van der Waals surface area contributed by atoms with Crippen LogP contribution >= 0.6 is 22.9 Å². The van der Waals surface area contributed by atoms with Crippen molar-refractivity contribution in [1.82, 2.24) is 4.98 Å². The number of nitro groups is 1. The van der Waals surface area contributed by atoms with Gasteiger partial charge < -0.3 is 10.1 Å². The normalized spacial score (nSPS) is 10.7. The summed E-state index contributed by atoms with van der Waals surface area (Å²) in [5.41, 5.74) is 1.96. The largest absolute Gasteiger partial charge is 0.477 e. The van der Waals surface area contributed by atoms with Crippen LogP contribution in [0.25, 0.3) is 20.8 Å². The second-order valence-corrected chi connectivity index (χ2v) is 7.68. The van der Waals surface area contributed by atoms with E-state index >= 15 is 0 Å². The Kier molecular flexibility index (Phi) is 5.60. The van der Waals surface area contributed by atoms with Gasteiger partial charge in [-0.2, -0.15) is 0 Å². The number of nitrogens with zero attached hydrogens (tertiary/aromatic N) is 2. The topological polar surface area (TPSA) is 94.4 Å². The second-order valence-electron chi connectivity index (χ2n) is 6.24. The highest BCUT2D eigenvalue weighted by molar-refractivity contribution is 7.21. The predicted octanol–water partition coefficient (Wildman–Crippen LogP) is 5.54. The highest BCUT2D eigenvalue weighted by atomic mass is 35.5. The van der Waals surface area contributed by atoms with Gasteiger partial charge in [0.2, 0.25) is 0 Å². The Balaban J connectivity index is 1.44. The van der Waals surface area contributed by atoms with Crippen molar-refractivity contribution in [2.24, 2.45) is 0 Å². The van der Waals surface area contributed by atoms with Crippen LogP contribution in [-0.4, -0.2) is 22.4 Å². The van der Waals surface area contributed by atoms with Crippen molar-refractivity contribution in [1.29, 1.82) is 0 Å². The van der Waals surface area contributed by atoms with Crippen molar-refractivity contribution in [3.8, 4) is 16.3 Å². The molecule has 30 heavy (non-hydrogen) atoms. The number of hydrogen-bond donors (Lipinski definition) is 1. The zero-order valence-electron chi connectivity index (χ0n) is 15.4. The average Bonchev–Trinajstić information content (AvgIpc) is 3.16. The minimum Gasteiger partial charge on any atom is -0.477 e. The highest BCUT2D eigenvalue weighted by Crippen LogP contribution is 2.35. The van der Waals surface area contributed by atoms with Crippen LogP contribution in [0.4, 0.5) is 11.4 Å². The van der Waals surface area contributed by atoms with Gasteiger partial charge in [0.05, 0.1) is 20.2 Å². The number of rotatable bonds is 6. The second kappa shape index (κ2) is 8.48. The molecule has 0 radical (unpaired) electrons. The molecule has 1 amide bonds. The molecule has 1 N–H and O–H groups in total. The van der Waals surface area contributed by atoms with E-state index < -0.39 is 10.8 Å². The van der Waals surface area contributed by atoms with Crippen LogP contribution in [0.2, 0.25) is 5.02 Å². The Labute approximate surface area is 180 Å². The molecule has 7 nitrogen and oxygen atoms in total. The number of fused-ring (bicyclic) bond motifs is 1. The van der Waals surface area contributed by atoms with Gasteiger partial charge in [-0.3, -0.25) is 14.9 Å². The minimum atomic E-state index is -0.562. The summed E-state index contributed by atoms with van der Waals surface area (Å²) in [6.45, 7) is -0.373. The van der Waals surface area contributed by atoms with Crippen molar-refractivity contribution >= 4 is 50.4 Å². The number of halogens is 1. The average molecular weight is 440 g/mol. The van der Waals surface area contributed by atoms with Crippen LogP contribution in [0.1, 0.15) is 0 Å². The molecule has 0 atom stereocenters. The molecule has 0 fully saturated rings. The lowest BCUT2D eigenvalue weighted by Gasteiger charge is -2.09. The van der Waals surface area contributed by atoms with Crippen molar-refractivity contribution in [2.45, 2.75) is 0 Å². The fourth-order valence-electron chi connectivity index (χ4n) is 2.82. The van der Waals surface area contributed by atoms with Crippen LogP contribution in [-0.2, 0) is 4.79 Å². The first kappa shape index (κ1) is 19.8. The molecule has 0 saturated carbocycles. The van der Waals surface area contributed by atoms with Crippen molar-refractivity contribution in [3.05, 3.63) is 81.9 Å². The van der Waals surface area contributed by atoms with E-state index in [1.807, 2.05) is 24.3 Å². The number of ether oxygens (including phenoxy) is 1. The zero-order valence-corrected chi connectivity index (χ0v) is 16.9. The van der Waals surface area contributed by atoms with Gasteiger partial charge in [0.1, 0.15) is 5.01 Å². The number of anilines is 1. The van der Waals surface area contributed by atoms with Crippen LogP contribution in [0.15, 0.2) is 66.7 Å². The molecular weight excluding hydrogens is 426 g/mol. The van der Waals surface area contributed by atoms with E-state index in [1.54, 1.807) is 24.3 Å². The molecule has 0 bridgehead atoms. The van der Waals surface area contributed by atoms with Gasteiger partial charge in [-0.05, 0) is 36.4 Å². The molecule has 4 aromatic rings. The number of nitro benzene ring substituents is 1. The zero-order chi connectivity index (χ0) is 21.1. The first-order chi connectivity index (χ1) is 14.5. The van der Waals surface area contributed by atoms with E-state index in [9.17, 15) is 14.9 Å². The lowest BCUT2D eigenvalue weighted by Crippen LogP contribution is -2.20. The third kappa shape index (κ3) is 4.24. The Morgan fingerprint density at radius 1 is 1.13 bits per heavy atom. The summed E-state index contributed by atoms with van der Waals surface area (Å²) in [5.74, 6) is -0.432. The molecule has 1 aromatic heterocycles. The van der Waals surface area contributed by atoms with Crippen LogP contribution in [0.5, 0.6) is 5.75 Å². The fourth-order valence-corrected chi connectivity index (χ4v) is 4.16. The lowest BCUT2D eigenvalue weighted by molar-refractivity contribution is -0.385. The van der Waals surface area contributed by atoms with E-state index in [4.69, 9.17) is 16.3 Å². The molecule has 0 aliphatic carbocycles. The van der Waals surface area contributed by atoms with Crippen molar-refractivity contribution in [2.75, 3.05) is 11.9 Å². The summed E-state index contributed by atoms with van der Waals surface area (Å²) in [6.07, 6.45) is 0. The number of benzene rings is 3. The molecule has 4 rings (SSSR count). The summed E-state index contributed by atoms with van der Waals surface area (Å²) in [5, 5.41) is 14.9. The monoisotopic (exact) mass is 439 g/mol. The van der Waals surface area contributed by atoms with E-state index in [0.29, 0.717) is 10.7 Å². The molecule has 0 aliphatic heterocycles. The third-order valence-electron chi connectivity index (χ3n) is 4.20. The number of carbonyl (C=O) groups excluding carboxylic acids is 1. The van der Waals surface area contributed by atoms with Gasteiger partial charge in [0.25, 0.3) is 5.91 Å². The van der Waals surface area contributed by atoms with E-state index in [0.717, 1.165) is 20.8 Å². The van der Waals surface area contributed by atoms with Gasteiger partial charge >= 0.3 is 5.69 Å². The molecule has 0 aliphatic rings. The van der Waals surface area contributed by atoms with Gasteiger partial charge in [-0.15, -0.1) is 11.3 Å². The summed E-state index contributed by atoms with van der Waals surface area (Å²) < 4.78 is 6.36. The Morgan fingerprint density at radius 2 is 1.90 bits per heavy atom. The van der Waals surface area contributed by atoms with Crippen LogP contribution < -0.4 is 10.1 Å². The standard InChI is InChI=1S/C21H14ClN3O4S/c22-15-11-13(9-10-14(15)21-24-16-5-1-4-8-19(16)30-21)23-20(26)12-29-18-7-3-2-6-17(18)25(27)28/h1-11H,12H2,(H,23,26). The SMILES string of the molecule is O=C(COc1ccccc1[N+](=O)[O-])Nc1ccc(-c2nc3ccccc3s2)c(Cl)c1. The van der Waals surface area contributed by atoms with Crippen molar-refractivity contribution < 1.29 is 14.5 Å². The maximum Gasteiger partial charge on any atom is 0.310 e. The van der Waals surface area contributed by atoms with Gasteiger partial charge in [0.15, 0.2) is 12.4 Å². The smallest absolute Gasteiger partial charge is 0.310 e. The van der Waals surface area contributed by atoms with Gasteiger partial charge in [0, 0.05) is 17.3 Å². The van der Waals surface area contributed by atoms with Gasteiger partial charge in [-0.25, -0.2) is 4.98 Å². The quantitative estimate of drug-likeness (QED) is 0.314. The fraction of sp³-hybridized carbons (Fsp3) is 0.0476. The summed E-state index contributed by atoms with van der Waals surface area (Å²) in [7, 11) is 0. The first-order valence-electron chi connectivity index (χ1n) is 8.83. The summed E-state index contributed by atoms with van der Waals surface area (Å²) in [4.78, 5) is 27.2. The number of thiazole rings is 1. The molecular formula is C21H14ClN3O4S. The number of carbonyl (C=O) groups is 1. The van der Waals surface area contributed by atoms with E-state index in [1.165, 1.54) is 29.5 Å². The highest BCUT2D eigenvalue weighted by Gasteiger charge is 2.15. The Bertz CT molecular complexity index is 1220.